The summed E-state index contributed by atoms with van der Waals surface area (Å²) in [6.45, 7) is 0. The molecule has 2 aromatic rings. The van der Waals surface area contributed by atoms with Gasteiger partial charge >= 0.3 is 6.18 Å². The van der Waals surface area contributed by atoms with Gasteiger partial charge in [0.05, 0.1) is 11.8 Å². The summed E-state index contributed by atoms with van der Waals surface area (Å²) in [5, 5.41) is 6.44. The van der Waals surface area contributed by atoms with Gasteiger partial charge in [-0.1, -0.05) is 18.2 Å². The van der Waals surface area contributed by atoms with E-state index in [4.69, 9.17) is 12.2 Å². The van der Waals surface area contributed by atoms with Crippen molar-refractivity contribution in [3.8, 4) is 0 Å². The zero-order valence-electron chi connectivity index (χ0n) is 11.6. The number of hydrogen-bond donors (Lipinski definition) is 2. The molecule has 2 aromatic carbocycles. The molecule has 120 valence electrons. The number of alkyl halides is 3. The highest BCUT2D eigenvalue weighted by Gasteiger charge is 2.30. The van der Waals surface area contributed by atoms with Crippen molar-refractivity contribution < 1.29 is 17.6 Å². The van der Waals surface area contributed by atoms with Gasteiger partial charge in [-0.05, 0) is 48.1 Å². The highest BCUT2D eigenvalue weighted by atomic mass is 32.1. The number of hydrazone groups is 1. The molecule has 0 amide bonds. The van der Waals surface area contributed by atoms with Gasteiger partial charge in [0, 0.05) is 5.69 Å². The largest absolute Gasteiger partial charge is 0.416 e. The Bertz CT molecular complexity index is 711. The third-order valence-electron chi connectivity index (χ3n) is 2.70. The molecule has 2 N–H and O–H groups in total. The normalized spacial score (nSPS) is 11.5. The first-order valence-corrected chi connectivity index (χ1v) is 6.78. The van der Waals surface area contributed by atoms with E-state index in [9.17, 15) is 17.6 Å². The van der Waals surface area contributed by atoms with Crippen LogP contribution < -0.4 is 10.7 Å². The molecule has 0 saturated carbocycles. The van der Waals surface area contributed by atoms with Crippen molar-refractivity contribution in [1.82, 2.24) is 5.43 Å². The lowest BCUT2D eigenvalue weighted by Crippen LogP contribution is -2.24. The van der Waals surface area contributed by atoms with Crippen LogP contribution in [0.15, 0.2) is 53.6 Å². The van der Waals surface area contributed by atoms with Crippen LogP contribution in [0.2, 0.25) is 0 Å². The van der Waals surface area contributed by atoms with Crippen LogP contribution in [-0.4, -0.2) is 11.3 Å². The summed E-state index contributed by atoms with van der Waals surface area (Å²) in [4.78, 5) is 0. The summed E-state index contributed by atoms with van der Waals surface area (Å²) >= 11 is 4.93. The molecule has 8 heteroatoms. The molecule has 0 fully saturated rings. The van der Waals surface area contributed by atoms with Crippen LogP contribution in [0.1, 0.15) is 11.1 Å². The van der Waals surface area contributed by atoms with E-state index in [0.29, 0.717) is 5.56 Å². The molecule has 0 aliphatic carbocycles. The second kappa shape index (κ2) is 7.19. The Labute approximate surface area is 135 Å². The van der Waals surface area contributed by atoms with E-state index in [-0.39, 0.29) is 16.6 Å². The van der Waals surface area contributed by atoms with Crippen LogP contribution in [0.25, 0.3) is 0 Å². The van der Waals surface area contributed by atoms with E-state index in [1.54, 1.807) is 0 Å². The molecule has 23 heavy (non-hydrogen) atoms. The fourth-order valence-electron chi connectivity index (χ4n) is 1.65. The first-order valence-electron chi connectivity index (χ1n) is 6.37. The van der Waals surface area contributed by atoms with Crippen molar-refractivity contribution in [3.63, 3.8) is 0 Å². The van der Waals surface area contributed by atoms with Crippen LogP contribution in [0, 0.1) is 5.82 Å². The van der Waals surface area contributed by atoms with E-state index >= 15 is 0 Å². The number of hydrogen-bond acceptors (Lipinski definition) is 2. The number of nitrogens with zero attached hydrogens (tertiary/aromatic N) is 1. The molecule has 3 nitrogen and oxygen atoms in total. The molecule has 0 heterocycles. The summed E-state index contributed by atoms with van der Waals surface area (Å²) in [5.74, 6) is -0.364. The zero-order chi connectivity index (χ0) is 16.9. The first-order chi connectivity index (χ1) is 10.8. The molecule has 0 aromatic heterocycles. The molecule has 0 saturated heterocycles. The maximum absolute atomic E-state index is 12.7. The molecular weight excluding hydrogens is 330 g/mol. The third kappa shape index (κ3) is 5.33. The fourth-order valence-corrected chi connectivity index (χ4v) is 1.82. The first kappa shape index (κ1) is 16.9. The number of rotatable bonds is 3. The number of benzene rings is 2. The number of halogens is 4. The predicted molar refractivity (Wildman–Crippen MR) is 84.8 cm³/mol. The lowest BCUT2D eigenvalue weighted by atomic mass is 10.2. The van der Waals surface area contributed by atoms with E-state index < -0.39 is 11.7 Å². The van der Waals surface area contributed by atoms with Crippen molar-refractivity contribution in [2.24, 2.45) is 5.10 Å². The van der Waals surface area contributed by atoms with Gasteiger partial charge in [0.15, 0.2) is 5.11 Å². The Kier molecular flexibility index (Phi) is 5.28. The Morgan fingerprint density at radius 1 is 1.09 bits per heavy atom. The summed E-state index contributed by atoms with van der Waals surface area (Å²) < 4.78 is 50.5. The van der Waals surface area contributed by atoms with Crippen LogP contribution in [-0.2, 0) is 6.18 Å². The highest BCUT2D eigenvalue weighted by Crippen LogP contribution is 2.30. The molecule has 2 rings (SSSR count). The molecule has 0 aliphatic heterocycles. The second-order valence-corrected chi connectivity index (χ2v) is 4.86. The lowest BCUT2D eigenvalue weighted by molar-refractivity contribution is -0.137. The molecule has 0 aliphatic rings. The highest BCUT2D eigenvalue weighted by molar-refractivity contribution is 7.80. The number of thiocarbonyl (C=S) groups is 1. The van der Waals surface area contributed by atoms with Crippen LogP contribution in [0.4, 0.5) is 23.2 Å². The zero-order valence-corrected chi connectivity index (χ0v) is 12.4. The second-order valence-electron chi connectivity index (χ2n) is 4.45. The fraction of sp³-hybridized carbons (Fsp3) is 0.0667. The van der Waals surface area contributed by atoms with Crippen molar-refractivity contribution in [2.75, 3.05) is 5.32 Å². The van der Waals surface area contributed by atoms with Gasteiger partial charge in [-0.2, -0.15) is 18.3 Å². The van der Waals surface area contributed by atoms with Gasteiger partial charge in [0.25, 0.3) is 0 Å². The van der Waals surface area contributed by atoms with Gasteiger partial charge in [-0.15, -0.1) is 0 Å². The summed E-state index contributed by atoms with van der Waals surface area (Å²) in [6, 6.07) is 10.2. The lowest BCUT2D eigenvalue weighted by Gasteiger charge is -2.10. The van der Waals surface area contributed by atoms with Crippen molar-refractivity contribution in [3.05, 3.63) is 65.5 Å². The molecule has 0 radical (unpaired) electrons. The maximum atomic E-state index is 12.7. The standard InChI is InChI=1S/C15H11F4N3S/c16-12-6-4-10(5-7-12)9-20-22-14(23)21-13-3-1-2-11(8-13)15(17,18)19/h1-9H,(H2,21,22,23)/b20-9+. The average molecular weight is 341 g/mol. The van der Waals surface area contributed by atoms with Crippen molar-refractivity contribution in [2.45, 2.75) is 6.18 Å². The predicted octanol–water partition coefficient (Wildman–Crippen LogP) is 4.17. The Morgan fingerprint density at radius 3 is 2.43 bits per heavy atom. The van der Waals surface area contributed by atoms with Gasteiger partial charge in [-0.3, -0.25) is 5.43 Å². The van der Waals surface area contributed by atoms with Crippen molar-refractivity contribution >= 4 is 29.2 Å². The number of nitrogens with one attached hydrogen (secondary N) is 2. The van der Waals surface area contributed by atoms with Gasteiger partial charge < -0.3 is 5.32 Å². The van der Waals surface area contributed by atoms with E-state index in [1.165, 1.54) is 42.6 Å². The monoisotopic (exact) mass is 341 g/mol. The minimum Gasteiger partial charge on any atom is -0.331 e. The van der Waals surface area contributed by atoms with E-state index in [1.807, 2.05) is 0 Å². The van der Waals surface area contributed by atoms with Crippen molar-refractivity contribution in [1.29, 1.82) is 0 Å². The number of anilines is 1. The molecular formula is C15H11F4N3S. The minimum atomic E-state index is -4.42. The average Bonchev–Trinajstić information content (AvgIpc) is 2.49. The van der Waals surface area contributed by atoms with Gasteiger partial charge in [-0.25, -0.2) is 4.39 Å². The molecule has 0 atom stereocenters. The Morgan fingerprint density at radius 2 is 1.78 bits per heavy atom. The molecule has 0 bridgehead atoms. The van der Waals surface area contributed by atoms with E-state index in [2.05, 4.69) is 15.8 Å². The minimum absolute atomic E-state index is 0.0303. The van der Waals surface area contributed by atoms with Crippen LogP contribution in [0.3, 0.4) is 0 Å². The SMILES string of the molecule is Fc1ccc(/C=N/NC(=S)Nc2cccc(C(F)(F)F)c2)cc1. The summed E-state index contributed by atoms with van der Waals surface area (Å²) in [6.07, 6.45) is -3.02. The Balaban J connectivity index is 1.93. The smallest absolute Gasteiger partial charge is 0.331 e. The van der Waals surface area contributed by atoms with E-state index in [0.717, 1.165) is 12.1 Å². The third-order valence-corrected chi connectivity index (χ3v) is 2.89. The van der Waals surface area contributed by atoms with Crippen LogP contribution in [0.5, 0.6) is 0 Å². The van der Waals surface area contributed by atoms with Crippen LogP contribution >= 0.6 is 12.2 Å². The topological polar surface area (TPSA) is 36.4 Å². The molecule has 0 spiro atoms. The molecule has 0 unspecified atom stereocenters. The Hall–Kier alpha value is -2.48. The van der Waals surface area contributed by atoms with Gasteiger partial charge in [0.2, 0.25) is 0 Å². The van der Waals surface area contributed by atoms with Gasteiger partial charge in [0.1, 0.15) is 5.82 Å². The summed E-state index contributed by atoms with van der Waals surface area (Å²) in [7, 11) is 0. The maximum Gasteiger partial charge on any atom is 0.416 e. The quantitative estimate of drug-likeness (QED) is 0.381. The summed E-state index contributed by atoms with van der Waals surface area (Å²) in [5.41, 5.74) is 2.52.